The highest BCUT2D eigenvalue weighted by Crippen LogP contribution is 2.41. The standard InChI is InChI=1S/C14H21N3O2/c1-2-6-15-12(3-1)14-17-16-13(19-14)9-7-11(8-9)18-10-4-5-10/h9-12,15H,1-8H2/t9-,11-,12-/m1/s1. The molecule has 1 saturated heterocycles. The predicted octanol–water partition coefficient (Wildman–Crippen LogP) is 2.31. The Morgan fingerprint density at radius 2 is 1.84 bits per heavy atom. The molecule has 2 heterocycles. The van der Waals surface area contributed by atoms with Crippen LogP contribution in [0.15, 0.2) is 4.42 Å². The second-order valence-electron chi connectivity index (χ2n) is 6.11. The van der Waals surface area contributed by atoms with E-state index in [9.17, 15) is 0 Å². The first-order valence-electron chi connectivity index (χ1n) is 7.60. The van der Waals surface area contributed by atoms with E-state index in [1.165, 1.54) is 25.7 Å². The minimum atomic E-state index is 0.272. The first kappa shape index (κ1) is 11.9. The second kappa shape index (κ2) is 4.87. The zero-order chi connectivity index (χ0) is 12.7. The highest BCUT2D eigenvalue weighted by Gasteiger charge is 2.38. The molecule has 2 saturated carbocycles. The fourth-order valence-corrected chi connectivity index (χ4v) is 2.97. The van der Waals surface area contributed by atoms with Gasteiger partial charge in [0.15, 0.2) is 0 Å². The summed E-state index contributed by atoms with van der Waals surface area (Å²) in [5.41, 5.74) is 0. The maximum atomic E-state index is 5.87. The molecule has 0 spiro atoms. The number of hydrogen-bond donors (Lipinski definition) is 1. The van der Waals surface area contributed by atoms with Crippen molar-refractivity contribution in [2.75, 3.05) is 6.54 Å². The normalized spacial score (nSPS) is 35.1. The van der Waals surface area contributed by atoms with E-state index in [-0.39, 0.29) is 6.04 Å². The molecule has 3 aliphatic rings. The lowest BCUT2D eigenvalue weighted by atomic mass is 9.82. The number of aromatic nitrogens is 2. The van der Waals surface area contributed by atoms with Crippen LogP contribution in [-0.2, 0) is 4.74 Å². The zero-order valence-electron chi connectivity index (χ0n) is 11.2. The third-order valence-corrected chi connectivity index (χ3v) is 4.42. The first-order chi connectivity index (χ1) is 9.38. The molecule has 104 valence electrons. The lowest BCUT2D eigenvalue weighted by Gasteiger charge is -2.32. The van der Waals surface area contributed by atoms with E-state index in [0.29, 0.717) is 18.1 Å². The van der Waals surface area contributed by atoms with Crippen molar-refractivity contribution in [1.82, 2.24) is 15.5 Å². The van der Waals surface area contributed by atoms with Crippen molar-refractivity contribution in [3.8, 4) is 0 Å². The minimum Gasteiger partial charge on any atom is -0.423 e. The van der Waals surface area contributed by atoms with Crippen molar-refractivity contribution in [3.63, 3.8) is 0 Å². The largest absolute Gasteiger partial charge is 0.423 e. The number of nitrogens with zero attached hydrogens (tertiary/aromatic N) is 2. The van der Waals surface area contributed by atoms with Crippen LogP contribution < -0.4 is 5.32 Å². The number of nitrogens with one attached hydrogen (secondary N) is 1. The SMILES string of the molecule is C1CC[C@H](c2nnc([C@H]3C[C@H](OC4CC4)C3)o2)NC1. The zero-order valence-corrected chi connectivity index (χ0v) is 11.2. The molecular formula is C14H21N3O2. The summed E-state index contributed by atoms with van der Waals surface area (Å²) >= 11 is 0. The third kappa shape index (κ3) is 2.54. The number of piperidine rings is 1. The lowest BCUT2D eigenvalue weighted by Crippen LogP contribution is -2.30. The molecule has 2 aliphatic carbocycles. The molecule has 19 heavy (non-hydrogen) atoms. The van der Waals surface area contributed by atoms with Crippen LogP contribution in [0.2, 0.25) is 0 Å². The van der Waals surface area contributed by atoms with Gasteiger partial charge in [0.1, 0.15) is 0 Å². The summed E-state index contributed by atoms with van der Waals surface area (Å²) in [6, 6.07) is 0.272. The van der Waals surface area contributed by atoms with E-state index in [2.05, 4.69) is 15.5 Å². The van der Waals surface area contributed by atoms with Gasteiger partial charge in [0.05, 0.1) is 18.2 Å². The van der Waals surface area contributed by atoms with Crippen molar-refractivity contribution < 1.29 is 9.15 Å². The first-order valence-corrected chi connectivity index (χ1v) is 7.60. The summed E-state index contributed by atoms with van der Waals surface area (Å²) in [6.45, 7) is 1.06. The van der Waals surface area contributed by atoms with Crippen molar-refractivity contribution in [1.29, 1.82) is 0 Å². The van der Waals surface area contributed by atoms with E-state index in [0.717, 1.165) is 37.6 Å². The monoisotopic (exact) mass is 263 g/mol. The molecule has 0 bridgehead atoms. The molecule has 5 nitrogen and oxygen atoms in total. The third-order valence-electron chi connectivity index (χ3n) is 4.42. The van der Waals surface area contributed by atoms with Gasteiger partial charge in [-0.25, -0.2) is 0 Å². The molecular weight excluding hydrogens is 242 g/mol. The summed E-state index contributed by atoms with van der Waals surface area (Å²) in [5.74, 6) is 2.02. The fraction of sp³-hybridized carbons (Fsp3) is 0.857. The van der Waals surface area contributed by atoms with E-state index >= 15 is 0 Å². The number of rotatable bonds is 4. The van der Waals surface area contributed by atoms with Gasteiger partial charge >= 0.3 is 0 Å². The van der Waals surface area contributed by atoms with Crippen molar-refractivity contribution in [3.05, 3.63) is 11.8 Å². The van der Waals surface area contributed by atoms with Crippen LogP contribution >= 0.6 is 0 Å². The van der Waals surface area contributed by atoms with Gasteiger partial charge in [0.2, 0.25) is 11.8 Å². The molecule has 1 atom stereocenters. The molecule has 3 fully saturated rings. The molecule has 0 unspecified atom stereocenters. The number of ether oxygens (including phenoxy) is 1. The van der Waals surface area contributed by atoms with Gasteiger partial charge in [-0.15, -0.1) is 10.2 Å². The van der Waals surface area contributed by atoms with Gasteiger partial charge < -0.3 is 14.5 Å². The van der Waals surface area contributed by atoms with Gasteiger partial charge in [-0.05, 0) is 45.1 Å². The lowest BCUT2D eigenvalue weighted by molar-refractivity contribution is -0.0258. The molecule has 4 rings (SSSR count). The van der Waals surface area contributed by atoms with Gasteiger partial charge in [0, 0.05) is 5.92 Å². The van der Waals surface area contributed by atoms with Crippen LogP contribution in [0.1, 0.15) is 68.7 Å². The highest BCUT2D eigenvalue weighted by atomic mass is 16.5. The fourth-order valence-electron chi connectivity index (χ4n) is 2.97. The Balaban J connectivity index is 1.33. The van der Waals surface area contributed by atoms with Crippen molar-refractivity contribution in [2.24, 2.45) is 0 Å². The van der Waals surface area contributed by atoms with E-state index in [1.807, 2.05) is 0 Å². The van der Waals surface area contributed by atoms with Crippen molar-refractivity contribution in [2.45, 2.75) is 69.1 Å². The molecule has 1 N–H and O–H groups in total. The van der Waals surface area contributed by atoms with Gasteiger partial charge in [-0.3, -0.25) is 0 Å². The van der Waals surface area contributed by atoms with Crippen LogP contribution in [0.25, 0.3) is 0 Å². The second-order valence-corrected chi connectivity index (χ2v) is 6.11. The van der Waals surface area contributed by atoms with Crippen LogP contribution in [0.4, 0.5) is 0 Å². The quantitative estimate of drug-likeness (QED) is 0.903. The smallest absolute Gasteiger partial charge is 0.233 e. The Hall–Kier alpha value is -0.940. The Labute approximate surface area is 113 Å². The van der Waals surface area contributed by atoms with Crippen LogP contribution in [0, 0.1) is 0 Å². The predicted molar refractivity (Wildman–Crippen MR) is 68.8 cm³/mol. The Kier molecular flexibility index (Phi) is 3.04. The van der Waals surface area contributed by atoms with E-state index < -0.39 is 0 Å². The molecule has 1 aromatic rings. The molecule has 0 aromatic carbocycles. The highest BCUT2D eigenvalue weighted by molar-refractivity contribution is 5.02. The molecule has 5 heteroatoms. The molecule has 1 aliphatic heterocycles. The maximum Gasteiger partial charge on any atom is 0.233 e. The minimum absolute atomic E-state index is 0.272. The summed E-state index contributed by atoms with van der Waals surface area (Å²) in [5, 5.41) is 11.9. The Morgan fingerprint density at radius 3 is 2.58 bits per heavy atom. The van der Waals surface area contributed by atoms with E-state index in [1.54, 1.807) is 0 Å². The Bertz CT molecular complexity index is 432. The van der Waals surface area contributed by atoms with Crippen molar-refractivity contribution >= 4 is 0 Å². The van der Waals surface area contributed by atoms with Gasteiger partial charge in [0.25, 0.3) is 0 Å². The summed E-state index contributed by atoms with van der Waals surface area (Å²) in [4.78, 5) is 0. The average Bonchev–Trinajstić information content (AvgIpc) is 3.10. The topological polar surface area (TPSA) is 60.2 Å². The van der Waals surface area contributed by atoms with Gasteiger partial charge in [-0.1, -0.05) is 6.42 Å². The summed E-state index contributed by atoms with van der Waals surface area (Å²) in [6.07, 6.45) is 9.19. The van der Waals surface area contributed by atoms with Gasteiger partial charge in [-0.2, -0.15) is 0 Å². The summed E-state index contributed by atoms with van der Waals surface area (Å²) in [7, 11) is 0. The molecule has 0 amide bonds. The molecule has 0 radical (unpaired) electrons. The average molecular weight is 263 g/mol. The van der Waals surface area contributed by atoms with Crippen LogP contribution in [0.5, 0.6) is 0 Å². The maximum absolute atomic E-state index is 5.87. The summed E-state index contributed by atoms with van der Waals surface area (Å²) < 4.78 is 11.7. The molecule has 1 aromatic heterocycles. The van der Waals surface area contributed by atoms with Crippen LogP contribution in [0.3, 0.4) is 0 Å². The van der Waals surface area contributed by atoms with E-state index in [4.69, 9.17) is 9.15 Å². The van der Waals surface area contributed by atoms with Crippen LogP contribution in [-0.4, -0.2) is 29.0 Å². The number of hydrogen-bond acceptors (Lipinski definition) is 5. The Morgan fingerprint density at radius 1 is 1.00 bits per heavy atom.